The third-order valence-electron chi connectivity index (χ3n) is 1.79. The van der Waals surface area contributed by atoms with Crippen LogP contribution >= 0.6 is 23.1 Å². The van der Waals surface area contributed by atoms with E-state index in [1.165, 1.54) is 22.7 Å². The van der Waals surface area contributed by atoms with Crippen LogP contribution in [-0.4, -0.2) is 53.8 Å². The zero-order valence-corrected chi connectivity index (χ0v) is 12.5. The highest BCUT2D eigenvalue weighted by atomic mass is 32.2. The Morgan fingerprint density at radius 3 is 2.84 bits per heavy atom. The molecule has 19 heavy (non-hydrogen) atoms. The quantitative estimate of drug-likeness (QED) is 0.623. The van der Waals surface area contributed by atoms with Gasteiger partial charge in [0, 0.05) is 14.1 Å². The molecule has 7 nitrogen and oxygen atoms in total. The molecule has 104 valence electrons. The van der Waals surface area contributed by atoms with Crippen molar-refractivity contribution in [1.29, 1.82) is 0 Å². The zero-order valence-electron chi connectivity index (χ0n) is 10.8. The Morgan fingerprint density at radius 2 is 2.32 bits per heavy atom. The lowest BCUT2D eigenvalue weighted by Crippen LogP contribution is -2.29. The van der Waals surface area contributed by atoms with E-state index in [-0.39, 0.29) is 11.4 Å². The van der Waals surface area contributed by atoms with Crippen LogP contribution in [0.15, 0.2) is 22.0 Å². The highest BCUT2D eigenvalue weighted by Crippen LogP contribution is 2.13. The number of thioether (sulfide) groups is 1. The summed E-state index contributed by atoms with van der Waals surface area (Å²) in [5.74, 6) is 0. The molecule has 0 unspecified atom stereocenters. The molecule has 0 bridgehead atoms. The Balaban J connectivity index is 3.16. The SMILES string of the molecule is C=CCOC(=O)n1nc(SC)sc1=NC(=O)N(C)C. The van der Waals surface area contributed by atoms with Gasteiger partial charge in [-0.2, -0.15) is 4.99 Å². The summed E-state index contributed by atoms with van der Waals surface area (Å²) in [6.07, 6.45) is 2.57. The van der Waals surface area contributed by atoms with Crippen molar-refractivity contribution in [3.05, 3.63) is 17.5 Å². The van der Waals surface area contributed by atoms with Crippen LogP contribution in [0.1, 0.15) is 0 Å². The number of hydrogen-bond donors (Lipinski definition) is 0. The highest BCUT2D eigenvalue weighted by molar-refractivity contribution is 8.00. The van der Waals surface area contributed by atoms with Gasteiger partial charge in [0.1, 0.15) is 6.61 Å². The Labute approximate surface area is 118 Å². The molecular formula is C10H14N4O3S2. The second-order valence-corrected chi connectivity index (χ2v) is 5.43. The van der Waals surface area contributed by atoms with E-state index in [1.54, 1.807) is 14.1 Å². The molecule has 1 heterocycles. The lowest BCUT2D eigenvalue weighted by molar-refractivity contribution is 0.155. The van der Waals surface area contributed by atoms with Crippen molar-refractivity contribution in [2.45, 2.75) is 4.34 Å². The number of urea groups is 1. The zero-order chi connectivity index (χ0) is 14.4. The number of aromatic nitrogens is 2. The van der Waals surface area contributed by atoms with Crippen LogP contribution in [0, 0.1) is 0 Å². The van der Waals surface area contributed by atoms with E-state index < -0.39 is 12.1 Å². The minimum Gasteiger partial charge on any atom is -0.444 e. The fourth-order valence-corrected chi connectivity index (χ4v) is 2.24. The van der Waals surface area contributed by atoms with Gasteiger partial charge < -0.3 is 9.64 Å². The largest absolute Gasteiger partial charge is 0.444 e. The highest BCUT2D eigenvalue weighted by Gasteiger charge is 2.14. The first-order valence-corrected chi connectivity index (χ1v) is 7.22. The summed E-state index contributed by atoms with van der Waals surface area (Å²) < 4.78 is 6.46. The second-order valence-electron chi connectivity index (χ2n) is 3.42. The van der Waals surface area contributed by atoms with Crippen LogP contribution < -0.4 is 4.80 Å². The van der Waals surface area contributed by atoms with Crippen molar-refractivity contribution in [3.8, 4) is 0 Å². The maximum absolute atomic E-state index is 11.7. The molecule has 0 saturated carbocycles. The fraction of sp³-hybridized carbons (Fsp3) is 0.400. The molecule has 1 aromatic rings. The molecule has 2 amide bonds. The molecule has 0 fully saturated rings. The minimum atomic E-state index is -0.693. The molecule has 0 atom stereocenters. The average molecular weight is 302 g/mol. The molecule has 0 aliphatic heterocycles. The summed E-state index contributed by atoms with van der Waals surface area (Å²) in [6, 6.07) is -0.471. The van der Waals surface area contributed by atoms with Crippen LogP contribution in [0.2, 0.25) is 0 Å². The average Bonchev–Trinajstić information content (AvgIpc) is 2.78. The minimum absolute atomic E-state index is 0.0685. The molecule has 0 aliphatic carbocycles. The van der Waals surface area contributed by atoms with E-state index in [0.29, 0.717) is 4.34 Å². The lowest BCUT2D eigenvalue weighted by Gasteiger charge is -2.04. The maximum atomic E-state index is 11.7. The smallest absolute Gasteiger partial charge is 0.437 e. The fourth-order valence-electron chi connectivity index (χ4n) is 0.911. The van der Waals surface area contributed by atoms with Gasteiger partial charge in [0.2, 0.25) is 4.80 Å². The van der Waals surface area contributed by atoms with Gasteiger partial charge in [-0.25, -0.2) is 9.59 Å². The standard InChI is InChI=1S/C10H14N4O3S2/c1-5-6-17-10(16)14-8(11-7(15)13(2)3)19-9(12-14)18-4/h5H,1,6H2,2-4H3. The molecule has 1 aromatic heterocycles. The molecule has 0 radical (unpaired) electrons. The molecule has 1 rings (SSSR count). The molecular weight excluding hydrogens is 288 g/mol. The van der Waals surface area contributed by atoms with E-state index >= 15 is 0 Å². The molecule has 0 spiro atoms. The van der Waals surface area contributed by atoms with E-state index in [2.05, 4.69) is 16.7 Å². The van der Waals surface area contributed by atoms with Gasteiger partial charge >= 0.3 is 12.1 Å². The van der Waals surface area contributed by atoms with Crippen LogP contribution in [-0.2, 0) is 4.74 Å². The van der Waals surface area contributed by atoms with E-state index in [4.69, 9.17) is 4.74 Å². The number of carbonyl (C=O) groups excluding carboxylic acids is 2. The van der Waals surface area contributed by atoms with E-state index in [9.17, 15) is 9.59 Å². The van der Waals surface area contributed by atoms with Crippen molar-refractivity contribution in [2.75, 3.05) is 27.0 Å². The van der Waals surface area contributed by atoms with Crippen LogP contribution in [0.4, 0.5) is 9.59 Å². The number of hydrogen-bond acceptors (Lipinski definition) is 6. The first-order chi connectivity index (χ1) is 8.99. The number of amides is 2. The molecule has 0 aromatic carbocycles. The third-order valence-corrected chi connectivity index (χ3v) is 3.67. The monoisotopic (exact) mass is 302 g/mol. The summed E-state index contributed by atoms with van der Waals surface area (Å²) in [4.78, 5) is 28.6. The van der Waals surface area contributed by atoms with Crippen molar-refractivity contribution >= 4 is 35.2 Å². The topological polar surface area (TPSA) is 76.8 Å². The van der Waals surface area contributed by atoms with Gasteiger partial charge in [-0.3, -0.25) is 0 Å². The Kier molecular flexibility index (Phi) is 5.77. The normalized spacial score (nSPS) is 11.2. The second kappa shape index (κ2) is 7.10. The van der Waals surface area contributed by atoms with Crippen molar-refractivity contribution < 1.29 is 14.3 Å². The van der Waals surface area contributed by atoms with Gasteiger partial charge in [0.15, 0.2) is 4.34 Å². The predicted octanol–water partition coefficient (Wildman–Crippen LogP) is 1.42. The van der Waals surface area contributed by atoms with Crippen molar-refractivity contribution in [1.82, 2.24) is 14.7 Å². The van der Waals surface area contributed by atoms with Crippen molar-refractivity contribution in [2.24, 2.45) is 4.99 Å². The summed E-state index contributed by atoms with van der Waals surface area (Å²) in [5.41, 5.74) is 0. The summed E-state index contributed by atoms with van der Waals surface area (Å²) in [6.45, 7) is 3.52. The summed E-state index contributed by atoms with van der Waals surface area (Å²) in [7, 11) is 3.14. The number of nitrogens with zero attached hydrogens (tertiary/aromatic N) is 4. The third kappa shape index (κ3) is 4.21. The van der Waals surface area contributed by atoms with E-state index in [0.717, 1.165) is 16.0 Å². The number of carbonyl (C=O) groups is 2. The molecule has 0 N–H and O–H groups in total. The Bertz CT molecular complexity index is 547. The lowest BCUT2D eigenvalue weighted by atomic mass is 10.7. The van der Waals surface area contributed by atoms with Crippen molar-refractivity contribution in [3.63, 3.8) is 0 Å². The van der Waals surface area contributed by atoms with Crippen LogP contribution in [0.3, 0.4) is 0 Å². The molecule has 0 saturated heterocycles. The Hall–Kier alpha value is -1.61. The first kappa shape index (κ1) is 15.4. The summed E-state index contributed by atoms with van der Waals surface area (Å²) in [5, 5.41) is 4.02. The number of rotatable bonds is 3. The molecule has 0 aliphatic rings. The first-order valence-electron chi connectivity index (χ1n) is 5.17. The predicted molar refractivity (Wildman–Crippen MR) is 73.5 cm³/mol. The van der Waals surface area contributed by atoms with Crippen LogP contribution in [0.25, 0.3) is 0 Å². The Morgan fingerprint density at radius 1 is 1.63 bits per heavy atom. The van der Waals surface area contributed by atoms with Gasteiger partial charge in [-0.15, -0.1) is 9.78 Å². The van der Waals surface area contributed by atoms with Gasteiger partial charge in [-0.1, -0.05) is 35.8 Å². The number of ether oxygens (including phenoxy) is 1. The summed E-state index contributed by atoms with van der Waals surface area (Å²) >= 11 is 2.50. The van der Waals surface area contributed by atoms with Gasteiger partial charge in [0.05, 0.1) is 0 Å². The molecule has 9 heteroatoms. The maximum Gasteiger partial charge on any atom is 0.437 e. The van der Waals surface area contributed by atoms with Gasteiger partial charge in [-0.05, 0) is 6.26 Å². The van der Waals surface area contributed by atoms with E-state index in [1.807, 2.05) is 6.26 Å². The van der Waals surface area contributed by atoms with Crippen LogP contribution in [0.5, 0.6) is 0 Å². The van der Waals surface area contributed by atoms with Gasteiger partial charge in [0.25, 0.3) is 0 Å².